The van der Waals surface area contributed by atoms with E-state index in [9.17, 15) is 5.11 Å². The lowest BCUT2D eigenvalue weighted by molar-refractivity contribution is -0.0560. The van der Waals surface area contributed by atoms with Gasteiger partial charge in [-0.25, -0.2) is 0 Å². The SMILES string of the molecule is CCOC(C(C)C)C(O)Cc1csc2ccccc12. The monoisotopic (exact) mass is 278 g/mol. The van der Waals surface area contributed by atoms with Crippen molar-refractivity contribution in [3.63, 3.8) is 0 Å². The zero-order chi connectivity index (χ0) is 13.8. The Morgan fingerprint density at radius 2 is 2.00 bits per heavy atom. The van der Waals surface area contributed by atoms with Crippen molar-refractivity contribution in [2.75, 3.05) is 6.61 Å². The van der Waals surface area contributed by atoms with Gasteiger partial charge in [0.1, 0.15) is 0 Å². The van der Waals surface area contributed by atoms with E-state index in [4.69, 9.17) is 4.74 Å². The molecule has 0 saturated carbocycles. The molecule has 0 spiro atoms. The molecular formula is C16H22O2S. The van der Waals surface area contributed by atoms with Gasteiger partial charge in [-0.05, 0) is 35.2 Å². The van der Waals surface area contributed by atoms with Crippen LogP contribution in [0.15, 0.2) is 29.6 Å². The van der Waals surface area contributed by atoms with Crippen LogP contribution in [0.1, 0.15) is 26.3 Å². The summed E-state index contributed by atoms with van der Waals surface area (Å²) in [5.74, 6) is 0.319. The first-order chi connectivity index (χ1) is 9.13. The fraction of sp³-hybridized carbons (Fsp3) is 0.500. The fourth-order valence-corrected chi connectivity index (χ4v) is 3.45. The topological polar surface area (TPSA) is 29.5 Å². The maximum atomic E-state index is 10.4. The van der Waals surface area contributed by atoms with Crippen LogP contribution in [0.2, 0.25) is 0 Å². The van der Waals surface area contributed by atoms with Gasteiger partial charge in [0.15, 0.2) is 0 Å². The second-order valence-corrected chi connectivity index (χ2v) is 6.10. The standard InChI is InChI=1S/C16H22O2S/c1-4-18-16(11(2)3)14(17)9-12-10-19-15-8-6-5-7-13(12)15/h5-8,10-11,14,16-17H,4,9H2,1-3H3. The first kappa shape index (κ1) is 14.5. The van der Waals surface area contributed by atoms with E-state index in [1.54, 1.807) is 11.3 Å². The summed E-state index contributed by atoms with van der Waals surface area (Å²) in [7, 11) is 0. The molecule has 0 radical (unpaired) electrons. The second-order valence-electron chi connectivity index (χ2n) is 5.19. The molecule has 0 aliphatic carbocycles. The molecule has 2 aromatic rings. The molecule has 1 heterocycles. The molecule has 0 fully saturated rings. The van der Waals surface area contributed by atoms with E-state index in [-0.39, 0.29) is 6.10 Å². The summed E-state index contributed by atoms with van der Waals surface area (Å²) in [6.07, 6.45) is 0.119. The minimum atomic E-state index is -0.446. The summed E-state index contributed by atoms with van der Waals surface area (Å²) in [6, 6.07) is 8.35. The van der Waals surface area contributed by atoms with Crippen LogP contribution < -0.4 is 0 Å². The average Bonchev–Trinajstić information content (AvgIpc) is 2.79. The number of thiophene rings is 1. The van der Waals surface area contributed by atoms with Gasteiger partial charge >= 0.3 is 0 Å². The van der Waals surface area contributed by atoms with E-state index >= 15 is 0 Å². The molecule has 0 saturated heterocycles. The lowest BCUT2D eigenvalue weighted by atomic mass is 9.96. The second kappa shape index (κ2) is 6.51. The summed E-state index contributed by atoms with van der Waals surface area (Å²) in [5, 5.41) is 13.8. The van der Waals surface area contributed by atoms with Gasteiger partial charge in [-0.2, -0.15) is 0 Å². The van der Waals surface area contributed by atoms with Crippen molar-refractivity contribution >= 4 is 21.4 Å². The Kier molecular flexibility index (Phi) is 4.97. The maximum absolute atomic E-state index is 10.4. The number of aliphatic hydroxyl groups is 1. The van der Waals surface area contributed by atoms with Crippen LogP contribution in [0.25, 0.3) is 10.1 Å². The van der Waals surface area contributed by atoms with Crippen molar-refractivity contribution < 1.29 is 9.84 Å². The van der Waals surface area contributed by atoms with Crippen molar-refractivity contribution in [2.45, 2.75) is 39.4 Å². The lowest BCUT2D eigenvalue weighted by Gasteiger charge is -2.26. The van der Waals surface area contributed by atoms with Crippen molar-refractivity contribution in [1.82, 2.24) is 0 Å². The molecule has 19 heavy (non-hydrogen) atoms. The average molecular weight is 278 g/mol. The fourth-order valence-electron chi connectivity index (χ4n) is 2.47. The van der Waals surface area contributed by atoms with Crippen LogP contribution in [0.4, 0.5) is 0 Å². The number of hydrogen-bond acceptors (Lipinski definition) is 3. The van der Waals surface area contributed by atoms with Gasteiger partial charge < -0.3 is 9.84 Å². The van der Waals surface area contributed by atoms with E-state index in [0.717, 1.165) is 0 Å². The number of rotatable bonds is 6. The van der Waals surface area contributed by atoms with Crippen LogP contribution in [-0.4, -0.2) is 23.9 Å². The van der Waals surface area contributed by atoms with E-state index in [2.05, 4.69) is 37.4 Å². The van der Waals surface area contributed by atoms with Gasteiger partial charge in [0.2, 0.25) is 0 Å². The Labute approximate surface area is 119 Å². The Bertz CT molecular complexity index is 518. The Morgan fingerprint density at radius 3 is 2.68 bits per heavy atom. The van der Waals surface area contributed by atoms with Gasteiger partial charge in [0.05, 0.1) is 12.2 Å². The zero-order valence-electron chi connectivity index (χ0n) is 11.8. The molecule has 2 rings (SSSR count). The van der Waals surface area contributed by atoms with E-state index < -0.39 is 6.10 Å². The van der Waals surface area contributed by atoms with Crippen LogP contribution in [0, 0.1) is 5.92 Å². The third-order valence-corrected chi connectivity index (χ3v) is 4.40. The number of aliphatic hydroxyl groups excluding tert-OH is 1. The van der Waals surface area contributed by atoms with Gasteiger partial charge in [0.25, 0.3) is 0 Å². The molecule has 2 nitrogen and oxygen atoms in total. The Hall–Kier alpha value is -0.900. The first-order valence-electron chi connectivity index (χ1n) is 6.88. The highest BCUT2D eigenvalue weighted by Crippen LogP contribution is 2.27. The minimum Gasteiger partial charge on any atom is -0.390 e. The maximum Gasteiger partial charge on any atom is 0.0859 e. The molecule has 0 bridgehead atoms. The molecule has 3 heteroatoms. The number of fused-ring (bicyclic) bond motifs is 1. The van der Waals surface area contributed by atoms with Crippen molar-refractivity contribution in [1.29, 1.82) is 0 Å². The highest BCUT2D eigenvalue weighted by molar-refractivity contribution is 7.17. The quantitative estimate of drug-likeness (QED) is 0.869. The highest BCUT2D eigenvalue weighted by Gasteiger charge is 2.24. The van der Waals surface area contributed by atoms with Crippen LogP contribution in [0.3, 0.4) is 0 Å². The molecule has 0 aliphatic heterocycles. The molecule has 104 valence electrons. The summed E-state index contributed by atoms with van der Waals surface area (Å²) in [6.45, 7) is 6.80. The minimum absolute atomic E-state index is 0.0938. The smallest absolute Gasteiger partial charge is 0.0859 e. The molecule has 1 N–H and O–H groups in total. The molecule has 0 aliphatic rings. The normalized spacial score (nSPS) is 15.0. The molecule has 2 unspecified atom stereocenters. The molecule has 2 atom stereocenters. The molecule has 0 amide bonds. The molecule has 1 aromatic heterocycles. The lowest BCUT2D eigenvalue weighted by Crippen LogP contribution is -2.35. The first-order valence-corrected chi connectivity index (χ1v) is 7.76. The highest BCUT2D eigenvalue weighted by atomic mass is 32.1. The van der Waals surface area contributed by atoms with Crippen molar-refractivity contribution in [3.8, 4) is 0 Å². The number of hydrogen-bond donors (Lipinski definition) is 1. The predicted octanol–water partition coefficient (Wildman–Crippen LogP) is 3.87. The predicted molar refractivity (Wildman–Crippen MR) is 81.8 cm³/mol. The molecular weight excluding hydrogens is 256 g/mol. The van der Waals surface area contributed by atoms with Gasteiger partial charge in [0, 0.05) is 17.7 Å². The van der Waals surface area contributed by atoms with Gasteiger partial charge in [-0.3, -0.25) is 0 Å². The summed E-state index contributed by atoms with van der Waals surface area (Å²) in [4.78, 5) is 0. The van der Waals surface area contributed by atoms with Gasteiger partial charge in [-0.15, -0.1) is 11.3 Å². The summed E-state index contributed by atoms with van der Waals surface area (Å²) in [5.41, 5.74) is 1.22. The van der Waals surface area contributed by atoms with E-state index in [1.165, 1.54) is 15.6 Å². The molecule has 1 aromatic carbocycles. The van der Waals surface area contributed by atoms with Crippen molar-refractivity contribution in [3.05, 3.63) is 35.2 Å². The largest absolute Gasteiger partial charge is 0.390 e. The third kappa shape index (κ3) is 3.35. The number of ether oxygens (including phenoxy) is 1. The third-order valence-electron chi connectivity index (χ3n) is 3.39. The number of benzene rings is 1. The van der Waals surface area contributed by atoms with E-state index in [1.807, 2.05) is 13.0 Å². The summed E-state index contributed by atoms with van der Waals surface area (Å²) < 4.78 is 6.96. The Morgan fingerprint density at radius 1 is 1.26 bits per heavy atom. The van der Waals surface area contributed by atoms with E-state index in [0.29, 0.717) is 18.9 Å². The van der Waals surface area contributed by atoms with Gasteiger partial charge in [-0.1, -0.05) is 32.0 Å². The van der Waals surface area contributed by atoms with Crippen LogP contribution in [-0.2, 0) is 11.2 Å². The van der Waals surface area contributed by atoms with Crippen LogP contribution >= 0.6 is 11.3 Å². The van der Waals surface area contributed by atoms with Crippen molar-refractivity contribution in [2.24, 2.45) is 5.92 Å². The Balaban J connectivity index is 2.15. The zero-order valence-corrected chi connectivity index (χ0v) is 12.6. The summed E-state index contributed by atoms with van der Waals surface area (Å²) >= 11 is 1.74. The van der Waals surface area contributed by atoms with Crippen LogP contribution in [0.5, 0.6) is 0 Å².